The molecule has 8 heteroatoms. The van der Waals surface area contributed by atoms with Crippen LogP contribution in [-0.2, 0) is 4.79 Å². The van der Waals surface area contributed by atoms with Gasteiger partial charge in [-0.1, -0.05) is 29.8 Å². The molecule has 0 bridgehead atoms. The third-order valence-electron chi connectivity index (χ3n) is 5.34. The number of furan rings is 1. The molecule has 166 valence electrons. The number of para-hydroxylation sites is 1. The first-order valence-corrected chi connectivity index (χ1v) is 10.5. The van der Waals surface area contributed by atoms with E-state index in [0.717, 1.165) is 21.9 Å². The molecular formula is C25H18ClNO6. The molecule has 0 atom stereocenters. The predicted octanol–water partition coefficient (Wildman–Crippen LogP) is 5.68. The molecule has 0 saturated heterocycles. The second-order valence-electron chi connectivity index (χ2n) is 7.51. The lowest BCUT2D eigenvalue weighted by atomic mass is 10.1. The molecular weight excluding hydrogens is 446 g/mol. The number of hydrogen-bond donors (Lipinski definition) is 1. The maximum Gasteiger partial charge on any atom is 0.336 e. The number of hydrogen-bond acceptors (Lipinski definition) is 6. The van der Waals surface area contributed by atoms with Gasteiger partial charge in [0.15, 0.2) is 6.61 Å². The highest BCUT2D eigenvalue weighted by Gasteiger charge is 2.15. The third kappa shape index (κ3) is 3.87. The van der Waals surface area contributed by atoms with Crippen LogP contribution in [0.3, 0.4) is 0 Å². The Morgan fingerprint density at radius 1 is 0.939 bits per heavy atom. The first kappa shape index (κ1) is 20.9. The van der Waals surface area contributed by atoms with Crippen molar-refractivity contribution in [3.63, 3.8) is 0 Å². The van der Waals surface area contributed by atoms with Crippen LogP contribution in [0.1, 0.15) is 5.56 Å². The number of amides is 1. The number of rotatable bonds is 5. The Bertz CT molecular complexity index is 1600. The van der Waals surface area contributed by atoms with Gasteiger partial charge < -0.3 is 23.6 Å². The summed E-state index contributed by atoms with van der Waals surface area (Å²) in [6.07, 6.45) is 0. The van der Waals surface area contributed by atoms with Crippen molar-refractivity contribution in [2.24, 2.45) is 0 Å². The maximum atomic E-state index is 12.6. The van der Waals surface area contributed by atoms with Crippen molar-refractivity contribution >= 4 is 56.1 Å². The van der Waals surface area contributed by atoms with Gasteiger partial charge in [0.2, 0.25) is 0 Å². The molecule has 1 amide bonds. The third-order valence-corrected chi connectivity index (χ3v) is 5.63. The van der Waals surface area contributed by atoms with Crippen molar-refractivity contribution in [1.29, 1.82) is 0 Å². The highest BCUT2D eigenvalue weighted by Crippen LogP contribution is 2.36. The zero-order chi connectivity index (χ0) is 23.1. The minimum Gasteiger partial charge on any atom is -0.495 e. The van der Waals surface area contributed by atoms with Gasteiger partial charge in [-0.05, 0) is 30.7 Å². The van der Waals surface area contributed by atoms with E-state index in [2.05, 4.69) is 5.32 Å². The second kappa shape index (κ2) is 8.18. The van der Waals surface area contributed by atoms with E-state index in [-0.39, 0.29) is 12.4 Å². The molecule has 0 fully saturated rings. The quantitative estimate of drug-likeness (QED) is 0.337. The Hall–Kier alpha value is -3.97. The van der Waals surface area contributed by atoms with Crippen LogP contribution in [0.4, 0.5) is 5.69 Å². The molecule has 0 saturated carbocycles. The number of methoxy groups -OCH3 is 1. The highest BCUT2D eigenvalue weighted by molar-refractivity contribution is 6.32. The second-order valence-corrected chi connectivity index (χ2v) is 7.92. The van der Waals surface area contributed by atoms with Gasteiger partial charge >= 0.3 is 5.63 Å². The van der Waals surface area contributed by atoms with E-state index in [9.17, 15) is 9.59 Å². The molecule has 0 aliphatic rings. The van der Waals surface area contributed by atoms with Crippen LogP contribution < -0.4 is 20.4 Å². The van der Waals surface area contributed by atoms with Crippen LogP contribution in [0.15, 0.2) is 68.2 Å². The first-order valence-electron chi connectivity index (χ1n) is 10.1. The van der Waals surface area contributed by atoms with Crippen LogP contribution in [0.2, 0.25) is 5.02 Å². The predicted molar refractivity (Wildman–Crippen MR) is 127 cm³/mol. The standard InChI is InChI=1S/C25H18ClNO6/c1-13-7-25(29)33-21-11-22(17(26)8-15(13)21)31-12-24(28)27-18-10-20-16(9-23(18)30-2)14-5-3-4-6-19(14)32-20/h3-11H,12H2,1-2H3,(H,27,28). The van der Waals surface area contributed by atoms with Crippen molar-refractivity contribution in [3.8, 4) is 11.5 Å². The lowest BCUT2D eigenvalue weighted by Gasteiger charge is -2.12. The SMILES string of the molecule is COc1cc2c(cc1NC(=O)COc1cc3oc(=O)cc(C)c3cc1Cl)oc1ccccc12. The molecule has 7 nitrogen and oxygen atoms in total. The maximum absolute atomic E-state index is 12.6. The van der Waals surface area contributed by atoms with Gasteiger partial charge in [0.25, 0.3) is 5.91 Å². The van der Waals surface area contributed by atoms with E-state index in [1.54, 1.807) is 19.1 Å². The molecule has 33 heavy (non-hydrogen) atoms. The molecule has 2 heterocycles. The summed E-state index contributed by atoms with van der Waals surface area (Å²) in [6, 6.07) is 15.7. The van der Waals surface area contributed by atoms with Crippen molar-refractivity contribution in [3.05, 3.63) is 75.6 Å². The van der Waals surface area contributed by atoms with Crippen LogP contribution in [0.25, 0.3) is 32.9 Å². The summed E-state index contributed by atoms with van der Waals surface area (Å²) in [5.74, 6) is 0.293. The minimum atomic E-state index is -0.473. The van der Waals surface area contributed by atoms with Gasteiger partial charge in [0, 0.05) is 34.4 Å². The van der Waals surface area contributed by atoms with E-state index in [4.69, 9.17) is 29.9 Å². The highest BCUT2D eigenvalue weighted by atomic mass is 35.5. The Balaban J connectivity index is 1.38. The molecule has 0 unspecified atom stereocenters. The van der Waals surface area contributed by atoms with Crippen LogP contribution in [-0.4, -0.2) is 19.6 Å². The van der Waals surface area contributed by atoms with Gasteiger partial charge in [-0.15, -0.1) is 0 Å². The van der Waals surface area contributed by atoms with E-state index in [1.807, 2.05) is 30.3 Å². The molecule has 0 radical (unpaired) electrons. The van der Waals surface area contributed by atoms with Crippen molar-refractivity contribution in [1.82, 2.24) is 0 Å². The van der Waals surface area contributed by atoms with E-state index in [0.29, 0.717) is 33.0 Å². The Kier molecular flexibility index (Phi) is 5.18. The first-order chi connectivity index (χ1) is 15.9. The molecule has 0 aliphatic carbocycles. The molecule has 1 N–H and O–H groups in total. The molecule has 0 spiro atoms. The van der Waals surface area contributed by atoms with Gasteiger partial charge in [-0.25, -0.2) is 4.79 Å². The number of carbonyl (C=O) groups is 1. The number of carbonyl (C=O) groups excluding carboxylic acids is 1. The minimum absolute atomic E-state index is 0.229. The number of nitrogens with one attached hydrogen (secondary N) is 1. The Morgan fingerprint density at radius 3 is 2.55 bits per heavy atom. The van der Waals surface area contributed by atoms with E-state index < -0.39 is 11.5 Å². The van der Waals surface area contributed by atoms with Crippen LogP contribution >= 0.6 is 11.6 Å². The largest absolute Gasteiger partial charge is 0.495 e. The number of fused-ring (bicyclic) bond motifs is 4. The Morgan fingerprint density at radius 2 is 1.73 bits per heavy atom. The fraction of sp³-hybridized carbons (Fsp3) is 0.120. The number of aryl methyl sites for hydroxylation is 1. The van der Waals surface area contributed by atoms with Gasteiger partial charge in [-0.3, -0.25) is 4.79 Å². The van der Waals surface area contributed by atoms with Crippen molar-refractivity contribution < 1.29 is 23.1 Å². The summed E-state index contributed by atoms with van der Waals surface area (Å²) in [6.45, 7) is 1.47. The molecule has 3 aromatic carbocycles. The van der Waals surface area contributed by atoms with Crippen molar-refractivity contribution in [2.45, 2.75) is 6.92 Å². The summed E-state index contributed by atoms with van der Waals surface area (Å²) in [7, 11) is 1.53. The van der Waals surface area contributed by atoms with Gasteiger partial charge in [-0.2, -0.15) is 0 Å². The van der Waals surface area contributed by atoms with Gasteiger partial charge in [0.05, 0.1) is 17.8 Å². The lowest BCUT2D eigenvalue weighted by molar-refractivity contribution is -0.118. The number of anilines is 1. The lowest BCUT2D eigenvalue weighted by Crippen LogP contribution is -2.20. The van der Waals surface area contributed by atoms with Crippen LogP contribution in [0, 0.1) is 6.92 Å². The van der Waals surface area contributed by atoms with E-state index >= 15 is 0 Å². The normalized spacial score (nSPS) is 11.2. The van der Waals surface area contributed by atoms with Crippen molar-refractivity contribution in [2.75, 3.05) is 19.0 Å². The zero-order valence-electron chi connectivity index (χ0n) is 17.7. The summed E-state index contributed by atoms with van der Waals surface area (Å²) in [5, 5.41) is 5.62. The topological polar surface area (TPSA) is 90.9 Å². The summed E-state index contributed by atoms with van der Waals surface area (Å²) in [5.41, 5.74) is 2.41. The smallest absolute Gasteiger partial charge is 0.336 e. The van der Waals surface area contributed by atoms with Crippen LogP contribution in [0.5, 0.6) is 11.5 Å². The average Bonchev–Trinajstić information content (AvgIpc) is 3.15. The van der Waals surface area contributed by atoms with Gasteiger partial charge in [0.1, 0.15) is 28.2 Å². The number of benzene rings is 3. The molecule has 2 aromatic heterocycles. The summed E-state index contributed by atoms with van der Waals surface area (Å²) >= 11 is 6.30. The number of halogens is 1. The molecule has 5 rings (SSSR count). The summed E-state index contributed by atoms with van der Waals surface area (Å²) < 4.78 is 22.2. The zero-order valence-corrected chi connectivity index (χ0v) is 18.5. The van der Waals surface area contributed by atoms with E-state index in [1.165, 1.54) is 19.2 Å². The number of ether oxygens (including phenoxy) is 2. The fourth-order valence-corrected chi connectivity index (χ4v) is 4.00. The Labute approximate surface area is 192 Å². The average molecular weight is 464 g/mol. The molecule has 0 aliphatic heterocycles. The molecule has 5 aromatic rings. The summed E-state index contributed by atoms with van der Waals surface area (Å²) in [4.78, 5) is 24.3. The fourth-order valence-electron chi connectivity index (χ4n) is 3.78. The monoisotopic (exact) mass is 463 g/mol.